The Hall–Kier alpha value is -1.01. The van der Waals surface area contributed by atoms with Gasteiger partial charge in [-0.3, -0.25) is 9.48 Å². The Morgan fingerprint density at radius 1 is 1.29 bits per heavy atom. The van der Waals surface area contributed by atoms with Crippen LogP contribution in [0.15, 0.2) is 0 Å². The molecule has 0 bridgehead atoms. The van der Waals surface area contributed by atoms with E-state index in [9.17, 15) is 4.79 Å². The van der Waals surface area contributed by atoms with Gasteiger partial charge in [0, 0.05) is 48.4 Å². The Kier molecular flexibility index (Phi) is 4.86. The van der Waals surface area contributed by atoms with Crippen LogP contribution in [-0.4, -0.2) is 57.8 Å². The number of aromatic nitrogens is 2. The summed E-state index contributed by atoms with van der Waals surface area (Å²) in [6, 6.07) is 0.510. The summed E-state index contributed by atoms with van der Waals surface area (Å²) in [4.78, 5) is 15.0. The molecule has 0 radical (unpaired) electrons. The second-order valence-electron chi connectivity index (χ2n) is 7.29. The number of thioether (sulfide) groups is 1. The first-order valence-electron chi connectivity index (χ1n) is 9.45. The first-order chi connectivity index (χ1) is 11.8. The molecular weight excluding hydrogens is 320 g/mol. The molecule has 132 valence electrons. The number of hydrogen-bond acceptors (Lipinski definition) is 4. The van der Waals surface area contributed by atoms with Crippen LogP contribution in [0.2, 0.25) is 0 Å². The van der Waals surface area contributed by atoms with Crippen LogP contribution in [-0.2, 0) is 19.4 Å². The van der Waals surface area contributed by atoms with Crippen molar-refractivity contribution < 1.29 is 4.79 Å². The lowest BCUT2D eigenvalue weighted by Crippen LogP contribution is -2.40. The van der Waals surface area contributed by atoms with Crippen molar-refractivity contribution in [1.29, 1.82) is 0 Å². The molecule has 1 amide bonds. The molecule has 0 aromatic carbocycles. The average Bonchev–Trinajstić information content (AvgIpc) is 3.39. The van der Waals surface area contributed by atoms with Crippen LogP contribution in [0, 0.1) is 5.92 Å². The van der Waals surface area contributed by atoms with Gasteiger partial charge in [0.15, 0.2) is 5.69 Å². The number of amides is 1. The second kappa shape index (κ2) is 7.08. The quantitative estimate of drug-likeness (QED) is 0.884. The van der Waals surface area contributed by atoms with Gasteiger partial charge in [-0.1, -0.05) is 0 Å². The third-order valence-electron chi connectivity index (χ3n) is 5.54. The molecule has 2 fully saturated rings. The Morgan fingerprint density at radius 3 is 2.79 bits per heavy atom. The first-order valence-corrected chi connectivity index (χ1v) is 10.6. The van der Waals surface area contributed by atoms with Gasteiger partial charge in [0.25, 0.3) is 5.91 Å². The number of aryl methyl sites for hydroxylation is 1. The van der Waals surface area contributed by atoms with E-state index in [1.54, 1.807) is 0 Å². The van der Waals surface area contributed by atoms with Crippen LogP contribution in [0.25, 0.3) is 0 Å². The summed E-state index contributed by atoms with van der Waals surface area (Å²) < 4.78 is 2.07. The van der Waals surface area contributed by atoms with Gasteiger partial charge in [-0.2, -0.15) is 16.9 Å². The summed E-state index contributed by atoms with van der Waals surface area (Å²) >= 11 is 1.94. The Bertz CT molecular complexity index is 604. The van der Waals surface area contributed by atoms with E-state index in [-0.39, 0.29) is 5.91 Å². The normalized spacial score (nSPS) is 24.0. The van der Waals surface area contributed by atoms with E-state index in [1.807, 2.05) is 16.7 Å². The highest BCUT2D eigenvalue weighted by atomic mass is 32.2. The number of rotatable bonds is 5. The zero-order chi connectivity index (χ0) is 16.5. The minimum absolute atomic E-state index is 0.154. The van der Waals surface area contributed by atoms with Gasteiger partial charge in [-0.15, -0.1) is 0 Å². The Balaban J connectivity index is 1.53. The van der Waals surface area contributed by atoms with Crippen molar-refractivity contribution in [2.75, 3.05) is 31.1 Å². The van der Waals surface area contributed by atoms with Crippen LogP contribution >= 0.6 is 11.8 Å². The topological polar surface area (TPSA) is 50.2 Å². The molecule has 0 spiro atoms. The molecule has 2 heterocycles. The highest BCUT2D eigenvalue weighted by Crippen LogP contribution is 2.30. The van der Waals surface area contributed by atoms with Crippen LogP contribution in [0.3, 0.4) is 0 Å². The lowest BCUT2D eigenvalue weighted by atomic mass is 9.91. The fourth-order valence-electron chi connectivity index (χ4n) is 3.87. The summed E-state index contributed by atoms with van der Waals surface area (Å²) in [5, 5.41) is 8.45. The van der Waals surface area contributed by atoms with Crippen LogP contribution in [0.1, 0.15) is 47.9 Å². The van der Waals surface area contributed by atoms with Gasteiger partial charge in [0.05, 0.1) is 0 Å². The molecule has 2 aliphatic carbocycles. The Morgan fingerprint density at radius 2 is 2.08 bits per heavy atom. The van der Waals surface area contributed by atoms with Crippen molar-refractivity contribution in [2.45, 2.75) is 51.6 Å². The van der Waals surface area contributed by atoms with E-state index < -0.39 is 0 Å². The third-order valence-corrected chi connectivity index (χ3v) is 6.48. The predicted octanol–water partition coefficient (Wildman–Crippen LogP) is 1.95. The van der Waals surface area contributed by atoms with Gasteiger partial charge in [-0.05, 0) is 51.5 Å². The number of fused-ring (bicyclic) bond motifs is 1. The summed E-state index contributed by atoms with van der Waals surface area (Å²) in [5.41, 5.74) is 3.26. The van der Waals surface area contributed by atoms with E-state index >= 15 is 0 Å². The summed E-state index contributed by atoms with van der Waals surface area (Å²) in [5.74, 6) is 3.15. The van der Waals surface area contributed by atoms with Crippen LogP contribution in [0.4, 0.5) is 0 Å². The molecule has 1 unspecified atom stereocenters. The fourth-order valence-corrected chi connectivity index (χ4v) is 4.77. The minimum atomic E-state index is 0.154. The average molecular weight is 349 g/mol. The van der Waals surface area contributed by atoms with E-state index in [0.29, 0.717) is 6.04 Å². The van der Waals surface area contributed by atoms with Gasteiger partial charge in [0.1, 0.15) is 0 Å². The maximum absolute atomic E-state index is 13.0. The lowest BCUT2D eigenvalue weighted by Gasteiger charge is -2.27. The maximum atomic E-state index is 13.0. The van der Waals surface area contributed by atoms with Gasteiger partial charge in [0.2, 0.25) is 0 Å². The van der Waals surface area contributed by atoms with Gasteiger partial charge in [-0.25, -0.2) is 0 Å². The molecule has 1 aliphatic heterocycles. The Labute approximate surface area is 148 Å². The van der Waals surface area contributed by atoms with Crippen LogP contribution in [0.5, 0.6) is 0 Å². The second-order valence-corrected chi connectivity index (χ2v) is 8.51. The number of hydrogen-bond donors (Lipinski definition) is 1. The highest BCUT2D eigenvalue weighted by Gasteiger charge is 2.32. The molecule has 3 aliphatic rings. The predicted molar refractivity (Wildman–Crippen MR) is 97.7 cm³/mol. The standard InChI is InChI=1S/C18H28N4OS/c1-2-22-16-6-5-14(19-12-13-3-4-13)11-15(16)17(20-22)18(23)21-7-9-24-10-8-21/h13-14,19H,2-12H2,1H3. The monoisotopic (exact) mass is 348 g/mol. The molecule has 1 aromatic heterocycles. The van der Waals surface area contributed by atoms with Gasteiger partial charge < -0.3 is 10.2 Å². The molecule has 5 nitrogen and oxygen atoms in total. The number of carbonyl (C=O) groups is 1. The fraction of sp³-hybridized carbons (Fsp3) is 0.778. The first kappa shape index (κ1) is 16.5. The van der Waals surface area contributed by atoms with E-state index in [1.165, 1.54) is 30.5 Å². The van der Waals surface area contributed by atoms with E-state index in [0.717, 1.165) is 62.1 Å². The molecule has 6 heteroatoms. The SMILES string of the molecule is CCn1nc(C(=O)N2CCSCC2)c2c1CCC(NCC1CC1)C2. The molecule has 4 rings (SSSR count). The zero-order valence-electron chi connectivity index (χ0n) is 14.6. The molecule has 1 saturated heterocycles. The highest BCUT2D eigenvalue weighted by molar-refractivity contribution is 7.99. The summed E-state index contributed by atoms with van der Waals surface area (Å²) in [6.45, 7) is 5.85. The molecule has 1 aromatic rings. The number of carbonyl (C=O) groups excluding carboxylic acids is 1. The van der Waals surface area contributed by atoms with Gasteiger partial charge >= 0.3 is 0 Å². The van der Waals surface area contributed by atoms with Crippen molar-refractivity contribution in [3.8, 4) is 0 Å². The zero-order valence-corrected chi connectivity index (χ0v) is 15.4. The smallest absolute Gasteiger partial charge is 0.274 e. The maximum Gasteiger partial charge on any atom is 0.274 e. The third kappa shape index (κ3) is 3.36. The van der Waals surface area contributed by atoms with Crippen molar-refractivity contribution in [3.05, 3.63) is 17.0 Å². The molecule has 1 atom stereocenters. The van der Waals surface area contributed by atoms with Crippen molar-refractivity contribution >= 4 is 17.7 Å². The molecule has 24 heavy (non-hydrogen) atoms. The number of nitrogens with one attached hydrogen (secondary N) is 1. The van der Waals surface area contributed by atoms with E-state index in [4.69, 9.17) is 5.10 Å². The van der Waals surface area contributed by atoms with Crippen molar-refractivity contribution in [3.63, 3.8) is 0 Å². The van der Waals surface area contributed by atoms with E-state index in [2.05, 4.69) is 16.9 Å². The molecule has 1 saturated carbocycles. The minimum Gasteiger partial charge on any atom is -0.336 e. The summed E-state index contributed by atoms with van der Waals surface area (Å²) in [6.07, 6.45) is 5.94. The largest absolute Gasteiger partial charge is 0.336 e. The summed E-state index contributed by atoms with van der Waals surface area (Å²) in [7, 11) is 0. The van der Waals surface area contributed by atoms with Crippen molar-refractivity contribution in [1.82, 2.24) is 20.0 Å². The molecular formula is C18H28N4OS. The number of nitrogens with zero attached hydrogens (tertiary/aromatic N) is 3. The van der Waals surface area contributed by atoms with Crippen LogP contribution < -0.4 is 5.32 Å². The lowest BCUT2D eigenvalue weighted by molar-refractivity contribution is 0.0764. The molecule has 1 N–H and O–H groups in total. The van der Waals surface area contributed by atoms with Crippen molar-refractivity contribution in [2.24, 2.45) is 5.92 Å².